The van der Waals surface area contributed by atoms with Crippen molar-refractivity contribution in [1.82, 2.24) is 5.48 Å². The second-order valence-electron chi connectivity index (χ2n) is 3.04. The molecule has 0 aliphatic carbocycles. The van der Waals surface area contributed by atoms with Gasteiger partial charge in [0.15, 0.2) is 0 Å². The Labute approximate surface area is 110 Å². The first-order valence-electron chi connectivity index (χ1n) is 4.79. The summed E-state index contributed by atoms with van der Waals surface area (Å²) >= 11 is 0. The van der Waals surface area contributed by atoms with Crippen LogP contribution in [0.15, 0.2) is 29.3 Å². The van der Waals surface area contributed by atoms with E-state index in [4.69, 9.17) is 21.1 Å². The van der Waals surface area contributed by atoms with Gasteiger partial charge in [-0.3, -0.25) is 4.84 Å². The van der Waals surface area contributed by atoms with Gasteiger partial charge in [0.25, 0.3) is 0 Å². The first kappa shape index (κ1) is 17.4. The smallest absolute Gasteiger partial charge is 0.368 e. The lowest BCUT2D eigenvalue weighted by Gasteiger charge is -2.09. The number of nitrogens with two attached hydrogens (primary N) is 1. The van der Waals surface area contributed by atoms with Crippen LogP contribution in [0, 0.1) is 15.3 Å². The molecule has 8 nitrogen and oxygen atoms in total. The van der Waals surface area contributed by atoms with Crippen molar-refractivity contribution in [3.63, 3.8) is 0 Å². The average molecular weight is 295 g/mol. The topological polar surface area (TPSA) is 126 Å². The summed E-state index contributed by atoms with van der Waals surface area (Å²) in [6.07, 6.45) is -4.46. The Bertz CT molecular complexity index is 475. The quantitative estimate of drug-likeness (QED) is 0.369. The summed E-state index contributed by atoms with van der Waals surface area (Å²) in [5.74, 6) is -0.251. The van der Waals surface area contributed by atoms with Gasteiger partial charge in [-0.1, -0.05) is 12.1 Å². The molecule has 112 valence electrons. The zero-order chi connectivity index (χ0) is 15.8. The highest BCUT2D eigenvalue weighted by atomic mass is 19.4. The largest absolute Gasteiger partial charge is 0.418 e. The number of hydroxylamine groups is 1. The third-order valence-corrected chi connectivity index (χ3v) is 1.66. The van der Waals surface area contributed by atoms with Crippen LogP contribution in [0.3, 0.4) is 0 Å². The van der Waals surface area contributed by atoms with Crippen molar-refractivity contribution in [3.05, 3.63) is 45.2 Å². The SMILES string of the molecule is CONC(N)=Nc1ccccc1C(F)(F)F.O=[N+]([O-])[O-]. The third kappa shape index (κ3) is 7.00. The van der Waals surface area contributed by atoms with Gasteiger partial charge in [-0.25, -0.2) is 10.5 Å². The second kappa shape index (κ2) is 7.78. The van der Waals surface area contributed by atoms with Gasteiger partial charge >= 0.3 is 6.18 Å². The number of nitrogens with zero attached hydrogens (tertiary/aromatic N) is 2. The van der Waals surface area contributed by atoms with Crippen molar-refractivity contribution in [2.75, 3.05) is 7.11 Å². The van der Waals surface area contributed by atoms with E-state index in [-0.39, 0.29) is 11.6 Å². The van der Waals surface area contributed by atoms with E-state index in [1.54, 1.807) is 0 Å². The standard InChI is InChI=1S/C9H10F3N3O.NO3/c1-16-15-8(13)14-7-5-3-2-4-6(7)9(10,11)12;2-1(3)4/h2-5H,1H3,(H3,13,14,15);/q;-1. The highest BCUT2D eigenvalue weighted by Gasteiger charge is 2.33. The zero-order valence-corrected chi connectivity index (χ0v) is 10.0. The Hall–Kier alpha value is -2.56. The maximum absolute atomic E-state index is 12.5. The molecule has 0 saturated heterocycles. The maximum Gasteiger partial charge on any atom is 0.418 e. The number of hydrogen-bond acceptors (Lipinski definition) is 5. The van der Waals surface area contributed by atoms with E-state index in [1.165, 1.54) is 25.3 Å². The van der Waals surface area contributed by atoms with Crippen LogP contribution in [0.25, 0.3) is 0 Å². The first-order valence-corrected chi connectivity index (χ1v) is 4.79. The summed E-state index contributed by atoms with van der Waals surface area (Å²) < 4.78 is 37.6. The van der Waals surface area contributed by atoms with Gasteiger partial charge in [0.2, 0.25) is 5.96 Å². The fourth-order valence-corrected chi connectivity index (χ4v) is 1.07. The number of nitrogens with one attached hydrogen (secondary N) is 1. The molecular weight excluding hydrogens is 285 g/mol. The summed E-state index contributed by atoms with van der Waals surface area (Å²) in [7, 11) is 1.28. The predicted molar refractivity (Wildman–Crippen MR) is 63.2 cm³/mol. The Morgan fingerprint density at radius 3 is 2.35 bits per heavy atom. The molecule has 0 aliphatic heterocycles. The molecule has 0 aliphatic rings. The van der Waals surface area contributed by atoms with Crippen molar-refractivity contribution in [2.24, 2.45) is 10.7 Å². The summed E-state index contributed by atoms with van der Waals surface area (Å²) in [4.78, 5) is 16.2. The van der Waals surface area contributed by atoms with Crippen molar-refractivity contribution in [1.29, 1.82) is 0 Å². The molecule has 0 saturated carbocycles. The fraction of sp³-hybridized carbons (Fsp3) is 0.222. The highest BCUT2D eigenvalue weighted by Crippen LogP contribution is 2.35. The number of benzene rings is 1. The van der Waals surface area contributed by atoms with Crippen LogP contribution in [-0.2, 0) is 11.0 Å². The molecule has 0 atom stereocenters. The van der Waals surface area contributed by atoms with Crippen LogP contribution in [-0.4, -0.2) is 18.2 Å². The first-order chi connectivity index (χ1) is 9.18. The number of rotatable bonds is 2. The van der Waals surface area contributed by atoms with E-state index in [9.17, 15) is 13.2 Å². The molecule has 0 spiro atoms. The number of alkyl halides is 3. The molecular formula is C9H10F3N4O4-. The van der Waals surface area contributed by atoms with E-state index >= 15 is 0 Å². The van der Waals surface area contributed by atoms with Gasteiger partial charge in [0.05, 0.1) is 23.4 Å². The van der Waals surface area contributed by atoms with Crippen molar-refractivity contribution < 1.29 is 23.1 Å². The van der Waals surface area contributed by atoms with Crippen LogP contribution in [0.1, 0.15) is 5.56 Å². The summed E-state index contributed by atoms with van der Waals surface area (Å²) in [5, 5.41) is 14.8. The Morgan fingerprint density at radius 2 is 1.90 bits per heavy atom. The monoisotopic (exact) mass is 295 g/mol. The Balaban J connectivity index is 0.000000796. The normalized spacial score (nSPS) is 11.3. The minimum atomic E-state index is -4.46. The maximum atomic E-state index is 12.5. The average Bonchev–Trinajstić information content (AvgIpc) is 2.27. The molecule has 0 bridgehead atoms. The van der Waals surface area contributed by atoms with Gasteiger partial charge in [-0.05, 0) is 12.1 Å². The number of guanidine groups is 1. The molecule has 11 heteroatoms. The van der Waals surface area contributed by atoms with E-state index < -0.39 is 16.8 Å². The van der Waals surface area contributed by atoms with Gasteiger partial charge in [0, 0.05) is 0 Å². The zero-order valence-electron chi connectivity index (χ0n) is 10.0. The molecule has 0 fully saturated rings. The van der Waals surface area contributed by atoms with E-state index in [0.29, 0.717) is 0 Å². The second-order valence-corrected chi connectivity index (χ2v) is 3.04. The Morgan fingerprint density at radius 1 is 1.40 bits per heavy atom. The lowest BCUT2D eigenvalue weighted by Crippen LogP contribution is -2.30. The van der Waals surface area contributed by atoms with Crippen LogP contribution in [0.5, 0.6) is 0 Å². The van der Waals surface area contributed by atoms with E-state index in [1.807, 2.05) is 0 Å². The lowest BCUT2D eigenvalue weighted by molar-refractivity contribution is -0.402. The molecule has 0 aromatic heterocycles. The summed E-state index contributed by atoms with van der Waals surface area (Å²) in [5.41, 5.74) is 6.29. The molecule has 0 radical (unpaired) electrons. The lowest BCUT2D eigenvalue weighted by atomic mass is 10.2. The molecule has 1 aromatic carbocycles. The van der Waals surface area contributed by atoms with Crippen molar-refractivity contribution >= 4 is 11.6 Å². The number of para-hydroxylation sites is 1. The summed E-state index contributed by atoms with van der Waals surface area (Å²) in [6, 6.07) is 4.86. The third-order valence-electron chi connectivity index (χ3n) is 1.66. The molecule has 0 unspecified atom stereocenters. The van der Waals surface area contributed by atoms with Gasteiger partial charge in [-0.2, -0.15) is 13.2 Å². The van der Waals surface area contributed by atoms with E-state index in [0.717, 1.165) is 6.07 Å². The Kier molecular flexibility index (Phi) is 6.79. The number of hydrogen-bond donors (Lipinski definition) is 2. The number of halogens is 3. The molecule has 20 heavy (non-hydrogen) atoms. The molecule has 0 amide bonds. The van der Waals surface area contributed by atoms with Crippen LogP contribution < -0.4 is 11.2 Å². The molecule has 1 aromatic rings. The van der Waals surface area contributed by atoms with Gasteiger partial charge in [-0.15, -0.1) is 0 Å². The van der Waals surface area contributed by atoms with Crippen LogP contribution >= 0.6 is 0 Å². The van der Waals surface area contributed by atoms with Crippen LogP contribution in [0.4, 0.5) is 18.9 Å². The van der Waals surface area contributed by atoms with E-state index in [2.05, 4.69) is 15.3 Å². The molecule has 1 rings (SSSR count). The van der Waals surface area contributed by atoms with Crippen molar-refractivity contribution in [3.8, 4) is 0 Å². The van der Waals surface area contributed by atoms with Gasteiger partial charge in [0.1, 0.15) is 0 Å². The molecule has 0 heterocycles. The van der Waals surface area contributed by atoms with Gasteiger partial charge < -0.3 is 21.1 Å². The minimum Gasteiger partial charge on any atom is -0.368 e. The van der Waals surface area contributed by atoms with Crippen LogP contribution in [0.2, 0.25) is 0 Å². The minimum absolute atomic E-state index is 0.251. The number of aliphatic imine (C=N–C) groups is 1. The predicted octanol–water partition coefficient (Wildman–Crippen LogP) is 1.56. The molecule has 3 N–H and O–H groups in total. The van der Waals surface area contributed by atoms with Crippen molar-refractivity contribution in [2.45, 2.75) is 6.18 Å². The highest BCUT2D eigenvalue weighted by molar-refractivity contribution is 5.80. The fourth-order valence-electron chi connectivity index (χ4n) is 1.07. The summed E-state index contributed by atoms with van der Waals surface area (Å²) in [6.45, 7) is 0.